The number of ketones is 1. The Bertz CT molecular complexity index is 704. The summed E-state index contributed by atoms with van der Waals surface area (Å²) in [5.74, 6) is 1.07. The molecule has 1 aliphatic carbocycles. The molecule has 0 fully saturated rings. The number of pyridine rings is 1. The van der Waals surface area contributed by atoms with E-state index in [0.717, 1.165) is 35.6 Å². The molecule has 1 aromatic carbocycles. The molecule has 0 saturated heterocycles. The molecule has 0 atom stereocenters. The molecule has 1 heterocycles. The zero-order chi connectivity index (χ0) is 15.4. The highest BCUT2D eigenvalue weighted by molar-refractivity contribution is 5.97. The molecule has 2 aromatic rings. The number of anilines is 1. The average molecular weight is 292 g/mol. The first-order chi connectivity index (χ1) is 10.7. The van der Waals surface area contributed by atoms with E-state index in [1.807, 2.05) is 43.3 Å². The van der Waals surface area contributed by atoms with Crippen LogP contribution in [0.5, 0.6) is 0 Å². The van der Waals surface area contributed by atoms with E-state index in [1.54, 1.807) is 0 Å². The maximum atomic E-state index is 12.3. The molecular weight excluding hydrogens is 272 g/mol. The molecule has 112 valence electrons. The summed E-state index contributed by atoms with van der Waals surface area (Å²) in [4.78, 5) is 16.8. The summed E-state index contributed by atoms with van der Waals surface area (Å²) in [7, 11) is 0. The molecule has 0 aliphatic heterocycles. The molecule has 22 heavy (non-hydrogen) atoms. The Hall–Kier alpha value is -2.42. The molecule has 3 rings (SSSR count). The number of aromatic nitrogens is 1. The first-order valence-electron chi connectivity index (χ1n) is 7.72. The van der Waals surface area contributed by atoms with Gasteiger partial charge in [0.1, 0.15) is 5.82 Å². The van der Waals surface area contributed by atoms with E-state index in [0.29, 0.717) is 12.8 Å². The van der Waals surface area contributed by atoms with Crippen LogP contribution in [0, 0.1) is 6.92 Å². The Morgan fingerprint density at radius 2 is 1.86 bits per heavy atom. The fraction of sp³-hybridized carbons (Fsp3) is 0.263. The quantitative estimate of drug-likeness (QED) is 0.924. The van der Waals surface area contributed by atoms with Crippen molar-refractivity contribution in [2.75, 3.05) is 5.32 Å². The molecule has 0 spiro atoms. The van der Waals surface area contributed by atoms with Gasteiger partial charge in [0.15, 0.2) is 5.78 Å². The molecule has 0 unspecified atom stereocenters. The van der Waals surface area contributed by atoms with Crippen molar-refractivity contribution in [3.8, 4) is 0 Å². The highest BCUT2D eigenvalue weighted by Crippen LogP contribution is 2.26. The standard InChI is InChI=1S/C19H20N2O/c1-14-7-5-12-19(20-14)21-17-10-6-11-18(22)16(17)13-15-8-3-2-4-9-15/h2-5,7-9,12H,6,10-11,13H2,1H3,(H,20,21). The van der Waals surface area contributed by atoms with E-state index < -0.39 is 0 Å². The molecule has 3 heteroatoms. The largest absolute Gasteiger partial charge is 0.343 e. The minimum atomic E-state index is 0.255. The van der Waals surface area contributed by atoms with Crippen LogP contribution in [0.15, 0.2) is 59.8 Å². The van der Waals surface area contributed by atoms with Crippen molar-refractivity contribution in [1.82, 2.24) is 4.98 Å². The van der Waals surface area contributed by atoms with Gasteiger partial charge >= 0.3 is 0 Å². The van der Waals surface area contributed by atoms with Crippen LogP contribution < -0.4 is 5.32 Å². The number of hydrogen-bond acceptors (Lipinski definition) is 3. The summed E-state index contributed by atoms with van der Waals surface area (Å²) in [5, 5.41) is 3.37. The summed E-state index contributed by atoms with van der Waals surface area (Å²) in [6.45, 7) is 1.97. The maximum absolute atomic E-state index is 12.3. The van der Waals surface area contributed by atoms with Crippen molar-refractivity contribution < 1.29 is 4.79 Å². The highest BCUT2D eigenvalue weighted by Gasteiger charge is 2.21. The van der Waals surface area contributed by atoms with E-state index in [9.17, 15) is 4.79 Å². The number of nitrogens with zero attached hydrogens (tertiary/aromatic N) is 1. The van der Waals surface area contributed by atoms with E-state index in [1.165, 1.54) is 5.56 Å². The second kappa shape index (κ2) is 6.56. The third kappa shape index (κ3) is 3.42. The molecular formula is C19H20N2O. The molecule has 0 bridgehead atoms. The molecule has 1 N–H and O–H groups in total. The van der Waals surface area contributed by atoms with Gasteiger partial charge in [-0.1, -0.05) is 36.4 Å². The first kappa shape index (κ1) is 14.5. The Morgan fingerprint density at radius 1 is 1.05 bits per heavy atom. The number of benzene rings is 1. The predicted molar refractivity (Wildman–Crippen MR) is 88.6 cm³/mol. The summed E-state index contributed by atoms with van der Waals surface area (Å²) in [6.07, 6.45) is 3.15. The normalized spacial score (nSPS) is 15.0. The summed E-state index contributed by atoms with van der Waals surface area (Å²) in [5.41, 5.74) is 4.07. The number of carbonyl (C=O) groups excluding carboxylic acids is 1. The lowest BCUT2D eigenvalue weighted by Crippen LogP contribution is -2.18. The fourth-order valence-electron chi connectivity index (χ4n) is 2.81. The number of nitrogens with one attached hydrogen (secondary N) is 1. The van der Waals surface area contributed by atoms with Crippen LogP contribution in [-0.4, -0.2) is 10.8 Å². The second-order valence-corrected chi connectivity index (χ2v) is 5.69. The summed E-state index contributed by atoms with van der Waals surface area (Å²) >= 11 is 0. The first-order valence-corrected chi connectivity index (χ1v) is 7.72. The third-order valence-electron chi connectivity index (χ3n) is 3.92. The number of carbonyl (C=O) groups is 1. The minimum Gasteiger partial charge on any atom is -0.343 e. The van der Waals surface area contributed by atoms with E-state index in [2.05, 4.69) is 22.4 Å². The van der Waals surface area contributed by atoms with Gasteiger partial charge in [-0.25, -0.2) is 4.98 Å². The number of aryl methyl sites for hydroxylation is 1. The lowest BCUT2D eigenvalue weighted by Gasteiger charge is -2.21. The smallest absolute Gasteiger partial charge is 0.160 e. The average Bonchev–Trinajstić information content (AvgIpc) is 2.52. The van der Waals surface area contributed by atoms with Crippen molar-refractivity contribution in [2.24, 2.45) is 0 Å². The molecule has 0 radical (unpaired) electrons. The molecule has 1 aliphatic rings. The SMILES string of the molecule is Cc1cccc(NC2=C(Cc3ccccc3)C(=O)CCC2)n1. The monoisotopic (exact) mass is 292 g/mol. The second-order valence-electron chi connectivity index (χ2n) is 5.69. The minimum absolute atomic E-state index is 0.255. The predicted octanol–water partition coefficient (Wildman–Crippen LogP) is 4.05. The zero-order valence-corrected chi connectivity index (χ0v) is 12.8. The number of rotatable bonds is 4. The van der Waals surface area contributed by atoms with Gasteiger partial charge in [0.25, 0.3) is 0 Å². The van der Waals surface area contributed by atoms with Crippen LogP contribution in [0.25, 0.3) is 0 Å². The zero-order valence-electron chi connectivity index (χ0n) is 12.8. The molecule has 0 amide bonds. The van der Waals surface area contributed by atoms with E-state index in [4.69, 9.17) is 0 Å². The Kier molecular flexibility index (Phi) is 4.33. The van der Waals surface area contributed by atoms with Crippen molar-refractivity contribution >= 4 is 11.6 Å². The number of hydrogen-bond donors (Lipinski definition) is 1. The number of Topliss-reactive ketones (excluding diaryl/α,β-unsaturated/α-hetero) is 1. The van der Waals surface area contributed by atoms with Crippen LogP contribution in [-0.2, 0) is 11.2 Å². The van der Waals surface area contributed by atoms with Gasteiger partial charge in [-0.15, -0.1) is 0 Å². The van der Waals surface area contributed by atoms with Crippen LogP contribution in [0.3, 0.4) is 0 Å². The Balaban J connectivity index is 1.89. The van der Waals surface area contributed by atoms with Crippen molar-refractivity contribution in [2.45, 2.75) is 32.6 Å². The lowest BCUT2D eigenvalue weighted by atomic mass is 9.90. The van der Waals surface area contributed by atoms with Gasteiger partial charge in [-0.3, -0.25) is 4.79 Å². The fourth-order valence-corrected chi connectivity index (χ4v) is 2.81. The van der Waals surface area contributed by atoms with Crippen LogP contribution in [0.2, 0.25) is 0 Å². The van der Waals surface area contributed by atoms with Gasteiger partial charge in [-0.05, 0) is 37.5 Å². The highest BCUT2D eigenvalue weighted by atomic mass is 16.1. The summed E-state index contributed by atoms with van der Waals surface area (Å²) in [6, 6.07) is 16.0. The van der Waals surface area contributed by atoms with Crippen molar-refractivity contribution in [3.63, 3.8) is 0 Å². The van der Waals surface area contributed by atoms with Gasteiger partial charge in [0.05, 0.1) is 0 Å². The maximum Gasteiger partial charge on any atom is 0.160 e. The van der Waals surface area contributed by atoms with E-state index in [-0.39, 0.29) is 5.78 Å². The Labute approximate surface area is 131 Å². The van der Waals surface area contributed by atoms with Gasteiger partial charge in [0, 0.05) is 29.8 Å². The topological polar surface area (TPSA) is 42.0 Å². The van der Waals surface area contributed by atoms with E-state index >= 15 is 0 Å². The van der Waals surface area contributed by atoms with Gasteiger partial charge in [0.2, 0.25) is 0 Å². The third-order valence-corrected chi connectivity index (χ3v) is 3.92. The van der Waals surface area contributed by atoms with Gasteiger partial charge < -0.3 is 5.32 Å². The van der Waals surface area contributed by atoms with Crippen LogP contribution in [0.4, 0.5) is 5.82 Å². The molecule has 0 saturated carbocycles. The molecule has 3 nitrogen and oxygen atoms in total. The van der Waals surface area contributed by atoms with Crippen molar-refractivity contribution in [1.29, 1.82) is 0 Å². The van der Waals surface area contributed by atoms with Crippen molar-refractivity contribution in [3.05, 3.63) is 71.1 Å². The van der Waals surface area contributed by atoms with Crippen LogP contribution >= 0.6 is 0 Å². The Morgan fingerprint density at radius 3 is 2.64 bits per heavy atom. The lowest BCUT2D eigenvalue weighted by molar-refractivity contribution is -0.116. The van der Waals surface area contributed by atoms with Crippen LogP contribution in [0.1, 0.15) is 30.5 Å². The summed E-state index contributed by atoms with van der Waals surface area (Å²) < 4.78 is 0. The van der Waals surface area contributed by atoms with Gasteiger partial charge in [-0.2, -0.15) is 0 Å². The number of allylic oxidation sites excluding steroid dienone is 2. The molecule has 1 aromatic heterocycles.